The lowest BCUT2D eigenvalue weighted by atomic mass is 9.90. The third-order valence-corrected chi connectivity index (χ3v) is 2.85. The first-order chi connectivity index (χ1) is 5.97. The number of ketones is 1. The number of carbonyl (C=O) groups is 1. The number of carbonyl (C=O) groups excluding carboxylic acids is 1. The van der Waals surface area contributed by atoms with Crippen LogP contribution >= 0.6 is 0 Å². The lowest BCUT2D eigenvalue weighted by molar-refractivity contribution is -0.123. The Morgan fingerprint density at radius 2 is 2.23 bits per heavy atom. The summed E-state index contributed by atoms with van der Waals surface area (Å²) in [4.78, 5) is 11.0. The molecule has 0 amide bonds. The molecule has 0 aromatic rings. The Kier molecular flexibility index (Phi) is 3.12. The third kappa shape index (κ3) is 2.53. The Hall–Kier alpha value is -0.370. The fourth-order valence-electron chi connectivity index (χ4n) is 2.47. The molecular formula is C11H20O2. The molecule has 1 saturated heterocycles. The summed E-state index contributed by atoms with van der Waals surface area (Å²) < 4.78 is 5.90. The zero-order chi connectivity index (χ0) is 10.1. The summed E-state index contributed by atoms with van der Waals surface area (Å²) in [5.41, 5.74) is -0.189. The summed E-state index contributed by atoms with van der Waals surface area (Å²) in [5, 5.41) is 0. The predicted octanol–water partition coefficient (Wildman–Crippen LogP) is 2.56. The molecule has 1 rings (SSSR count). The summed E-state index contributed by atoms with van der Waals surface area (Å²) in [5.74, 6) is 0.820. The maximum atomic E-state index is 11.0. The zero-order valence-electron chi connectivity index (χ0n) is 9.09. The standard InChI is InChI=1S/C11H20O2/c1-5-10-8(2)6-11(4,13-10)7-9(3)12/h8,10H,5-7H2,1-4H3/t8?,10-,11+/m0/s1. The summed E-state index contributed by atoms with van der Waals surface area (Å²) in [6, 6.07) is 0. The molecule has 0 radical (unpaired) electrons. The average molecular weight is 184 g/mol. The Morgan fingerprint density at radius 1 is 1.62 bits per heavy atom. The van der Waals surface area contributed by atoms with E-state index in [4.69, 9.17) is 4.74 Å². The minimum atomic E-state index is -0.189. The van der Waals surface area contributed by atoms with Crippen molar-refractivity contribution >= 4 is 5.78 Å². The molecule has 13 heavy (non-hydrogen) atoms. The van der Waals surface area contributed by atoms with Gasteiger partial charge >= 0.3 is 0 Å². The second-order valence-corrected chi connectivity index (χ2v) is 4.57. The van der Waals surface area contributed by atoms with Crippen molar-refractivity contribution < 1.29 is 9.53 Å². The minimum Gasteiger partial charge on any atom is -0.371 e. The highest BCUT2D eigenvalue weighted by Crippen LogP contribution is 2.38. The molecule has 0 aliphatic carbocycles. The molecule has 0 aromatic heterocycles. The predicted molar refractivity (Wildman–Crippen MR) is 52.6 cm³/mol. The first-order valence-corrected chi connectivity index (χ1v) is 5.14. The molecule has 3 atom stereocenters. The van der Waals surface area contributed by atoms with E-state index in [0.29, 0.717) is 18.4 Å². The number of rotatable bonds is 3. The van der Waals surface area contributed by atoms with Crippen molar-refractivity contribution in [3.8, 4) is 0 Å². The first kappa shape index (κ1) is 10.7. The van der Waals surface area contributed by atoms with Gasteiger partial charge in [-0.3, -0.25) is 4.79 Å². The fraction of sp³-hybridized carbons (Fsp3) is 0.909. The van der Waals surface area contributed by atoms with Crippen LogP contribution in [0.5, 0.6) is 0 Å². The lowest BCUT2D eigenvalue weighted by Gasteiger charge is -2.23. The molecule has 0 spiro atoms. The van der Waals surface area contributed by atoms with E-state index in [1.165, 1.54) is 0 Å². The van der Waals surface area contributed by atoms with E-state index in [-0.39, 0.29) is 11.4 Å². The zero-order valence-corrected chi connectivity index (χ0v) is 9.09. The van der Waals surface area contributed by atoms with Crippen LogP contribution in [-0.2, 0) is 9.53 Å². The highest BCUT2D eigenvalue weighted by atomic mass is 16.5. The summed E-state index contributed by atoms with van der Waals surface area (Å²) in [6.07, 6.45) is 2.98. The van der Waals surface area contributed by atoms with E-state index >= 15 is 0 Å². The molecule has 0 aromatic carbocycles. The fourth-order valence-corrected chi connectivity index (χ4v) is 2.47. The summed E-state index contributed by atoms with van der Waals surface area (Å²) >= 11 is 0. The van der Waals surface area contributed by atoms with E-state index in [0.717, 1.165) is 12.8 Å². The first-order valence-electron chi connectivity index (χ1n) is 5.14. The van der Waals surface area contributed by atoms with Crippen molar-refractivity contribution in [2.45, 2.75) is 58.7 Å². The SMILES string of the molecule is CC[C@@H]1O[C@@](C)(CC(C)=O)CC1C. The maximum absolute atomic E-state index is 11.0. The number of ether oxygens (including phenoxy) is 1. The van der Waals surface area contributed by atoms with Crippen LogP contribution in [-0.4, -0.2) is 17.5 Å². The molecule has 1 aliphatic heterocycles. The van der Waals surface area contributed by atoms with Crippen LogP contribution in [0.25, 0.3) is 0 Å². The van der Waals surface area contributed by atoms with Gasteiger partial charge in [0, 0.05) is 6.42 Å². The van der Waals surface area contributed by atoms with Gasteiger partial charge in [0.25, 0.3) is 0 Å². The second-order valence-electron chi connectivity index (χ2n) is 4.57. The van der Waals surface area contributed by atoms with Gasteiger partial charge in [-0.2, -0.15) is 0 Å². The highest BCUT2D eigenvalue weighted by Gasteiger charge is 2.40. The number of Topliss-reactive ketones (excluding diaryl/α,β-unsaturated/α-hetero) is 1. The summed E-state index contributed by atoms with van der Waals surface area (Å²) in [7, 11) is 0. The Morgan fingerprint density at radius 3 is 2.62 bits per heavy atom. The van der Waals surface area contributed by atoms with Gasteiger partial charge in [0.15, 0.2) is 0 Å². The van der Waals surface area contributed by atoms with Gasteiger partial charge in [-0.15, -0.1) is 0 Å². The van der Waals surface area contributed by atoms with Gasteiger partial charge in [-0.1, -0.05) is 13.8 Å². The van der Waals surface area contributed by atoms with Gasteiger partial charge in [0.05, 0.1) is 11.7 Å². The van der Waals surface area contributed by atoms with Crippen molar-refractivity contribution in [2.24, 2.45) is 5.92 Å². The van der Waals surface area contributed by atoms with Crippen molar-refractivity contribution in [3.05, 3.63) is 0 Å². The van der Waals surface area contributed by atoms with E-state index in [2.05, 4.69) is 20.8 Å². The van der Waals surface area contributed by atoms with Crippen LogP contribution in [0.3, 0.4) is 0 Å². The quantitative estimate of drug-likeness (QED) is 0.673. The van der Waals surface area contributed by atoms with E-state index in [1.807, 2.05) is 0 Å². The molecule has 1 fully saturated rings. The molecule has 2 nitrogen and oxygen atoms in total. The molecule has 1 aliphatic rings. The molecule has 76 valence electrons. The molecule has 2 heteroatoms. The van der Waals surface area contributed by atoms with Gasteiger partial charge < -0.3 is 4.74 Å². The number of hydrogen-bond acceptors (Lipinski definition) is 2. The van der Waals surface area contributed by atoms with E-state index in [1.54, 1.807) is 6.92 Å². The normalized spacial score (nSPS) is 39.4. The second kappa shape index (κ2) is 3.79. The highest BCUT2D eigenvalue weighted by molar-refractivity contribution is 5.76. The van der Waals surface area contributed by atoms with Crippen LogP contribution in [0.1, 0.15) is 47.0 Å². The van der Waals surface area contributed by atoms with Crippen LogP contribution in [0.15, 0.2) is 0 Å². The molecule has 0 bridgehead atoms. The van der Waals surface area contributed by atoms with Crippen LogP contribution < -0.4 is 0 Å². The smallest absolute Gasteiger partial charge is 0.132 e. The van der Waals surface area contributed by atoms with Crippen molar-refractivity contribution in [1.82, 2.24) is 0 Å². The van der Waals surface area contributed by atoms with Crippen molar-refractivity contribution in [3.63, 3.8) is 0 Å². The Balaban J connectivity index is 2.58. The molecule has 0 saturated carbocycles. The molecule has 0 N–H and O–H groups in total. The van der Waals surface area contributed by atoms with Crippen LogP contribution in [0.4, 0.5) is 0 Å². The van der Waals surface area contributed by atoms with Crippen LogP contribution in [0, 0.1) is 5.92 Å². The maximum Gasteiger partial charge on any atom is 0.132 e. The van der Waals surface area contributed by atoms with E-state index < -0.39 is 0 Å². The van der Waals surface area contributed by atoms with Gasteiger partial charge in [-0.25, -0.2) is 0 Å². The largest absolute Gasteiger partial charge is 0.371 e. The molecule has 1 unspecified atom stereocenters. The monoisotopic (exact) mass is 184 g/mol. The minimum absolute atomic E-state index is 0.189. The lowest BCUT2D eigenvalue weighted by Crippen LogP contribution is -2.27. The van der Waals surface area contributed by atoms with Crippen molar-refractivity contribution in [2.75, 3.05) is 0 Å². The van der Waals surface area contributed by atoms with Gasteiger partial charge in [0.2, 0.25) is 0 Å². The Labute approximate surface area is 80.7 Å². The molecular weight excluding hydrogens is 164 g/mol. The van der Waals surface area contributed by atoms with Gasteiger partial charge in [0.1, 0.15) is 5.78 Å². The van der Waals surface area contributed by atoms with Crippen molar-refractivity contribution in [1.29, 1.82) is 0 Å². The summed E-state index contributed by atoms with van der Waals surface area (Å²) in [6.45, 7) is 8.04. The topological polar surface area (TPSA) is 26.3 Å². The van der Waals surface area contributed by atoms with Crippen LogP contribution in [0.2, 0.25) is 0 Å². The Bertz CT molecular complexity index is 200. The molecule has 1 heterocycles. The van der Waals surface area contributed by atoms with E-state index in [9.17, 15) is 4.79 Å². The van der Waals surface area contributed by atoms with Gasteiger partial charge in [-0.05, 0) is 32.6 Å². The third-order valence-electron chi connectivity index (χ3n) is 2.85. The average Bonchev–Trinajstić information content (AvgIpc) is 2.24. The number of hydrogen-bond donors (Lipinski definition) is 0.